The maximum Gasteiger partial charge on any atom is 0.323 e. The lowest BCUT2D eigenvalue weighted by atomic mass is 10.2. The van der Waals surface area contributed by atoms with E-state index in [4.69, 9.17) is 20.5 Å². The van der Waals surface area contributed by atoms with Crippen molar-refractivity contribution in [3.63, 3.8) is 0 Å². The Morgan fingerprint density at radius 2 is 1.76 bits per heavy atom. The molecule has 0 aliphatic heterocycles. The van der Waals surface area contributed by atoms with Crippen molar-refractivity contribution < 1.29 is 4.74 Å². The average Bonchev–Trinajstić information content (AvgIpc) is 2.85. The fraction of sp³-hybridized carbons (Fsp3) is 0.0769. The zero-order valence-electron chi connectivity index (χ0n) is 10.8. The summed E-state index contributed by atoms with van der Waals surface area (Å²) in [7, 11) is 1.42. The summed E-state index contributed by atoms with van der Waals surface area (Å²) in [5, 5.41) is 29.3. The number of anilines is 1. The van der Waals surface area contributed by atoms with E-state index in [1.165, 1.54) is 13.2 Å². The number of nitrogens with zero attached hydrogens (tertiary/aromatic N) is 3. The van der Waals surface area contributed by atoms with Gasteiger partial charge in [-0.2, -0.15) is 15.8 Å². The van der Waals surface area contributed by atoms with Crippen LogP contribution < -0.4 is 15.7 Å². The topological polar surface area (TPSA) is 141 Å². The van der Waals surface area contributed by atoms with E-state index in [9.17, 15) is 4.79 Å². The predicted molar refractivity (Wildman–Crippen MR) is 73.0 cm³/mol. The molecule has 0 fully saturated rings. The second-order valence-corrected chi connectivity index (χ2v) is 3.89. The fourth-order valence-electron chi connectivity index (χ4n) is 1.75. The molecule has 102 valence electrons. The Morgan fingerprint density at radius 1 is 1.14 bits per heavy atom. The molecule has 1 heterocycles. The van der Waals surface area contributed by atoms with Crippen LogP contribution in [0.25, 0.3) is 11.0 Å². The summed E-state index contributed by atoms with van der Waals surface area (Å²) in [6.45, 7) is 0. The van der Waals surface area contributed by atoms with Gasteiger partial charge < -0.3 is 20.0 Å². The van der Waals surface area contributed by atoms with Gasteiger partial charge in [-0.15, -0.1) is 0 Å². The summed E-state index contributed by atoms with van der Waals surface area (Å²) in [6.07, 6.45) is 0. The number of rotatable bonds is 3. The van der Waals surface area contributed by atoms with E-state index < -0.39 is 0 Å². The molecule has 2 aromatic rings. The third kappa shape index (κ3) is 2.53. The van der Waals surface area contributed by atoms with E-state index in [0.29, 0.717) is 22.5 Å². The molecule has 3 N–H and O–H groups in total. The van der Waals surface area contributed by atoms with E-state index in [2.05, 4.69) is 15.3 Å². The third-order valence-electron chi connectivity index (χ3n) is 2.68. The Morgan fingerprint density at radius 3 is 2.29 bits per heavy atom. The highest BCUT2D eigenvalue weighted by Crippen LogP contribution is 2.29. The SMILES string of the molecule is COc1cc2[nH]c(=O)[nH]c2cc1NC(C#N)=C(C#N)C#N. The predicted octanol–water partition coefficient (Wildman–Crippen LogP) is 1.10. The van der Waals surface area contributed by atoms with Crippen LogP contribution in [0.4, 0.5) is 5.69 Å². The molecule has 0 aliphatic rings. The maximum atomic E-state index is 11.3. The van der Waals surface area contributed by atoms with Crippen LogP contribution in [0.15, 0.2) is 28.2 Å². The van der Waals surface area contributed by atoms with Gasteiger partial charge in [0.05, 0.1) is 23.8 Å². The maximum absolute atomic E-state index is 11.3. The molecule has 2 rings (SSSR count). The van der Waals surface area contributed by atoms with E-state index in [-0.39, 0.29) is 17.0 Å². The molecule has 21 heavy (non-hydrogen) atoms. The number of ether oxygens (including phenoxy) is 1. The van der Waals surface area contributed by atoms with Crippen molar-refractivity contribution in [2.24, 2.45) is 0 Å². The molecule has 0 aliphatic carbocycles. The van der Waals surface area contributed by atoms with Crippen molar-refractivity contribution in [2.45, 2.75) is 0 Å². The Hall–Kier alpha value is -3.70. The summed E-state index contributed by atoms with van der Waals surface area (Å²) in [6, 6.07) is 8.10. The Kier molecular flexibility index (Phi) is 3.61. The highest BCUT2D eigenvalue weighted by atomic mass is 16.5. The number of hydrogen-bond acceptors (Lipinski definition) is 6. The first-order valence-electron chi connectivity index (χ1n) is 5.64. The third-order valence-corrected chi connectivity index (χ3v) is 2.68. The number of aromatic nitrogens is 2. The molecule has 0 saturated carbocycles. The summed E-state index contributed by atoms with van der Waals surface area (Å²) in [4.78, 5) is 16.4. The molecule has 1 aromatic carbocycles. The number of fused-ring (bicyclic) bond motifs is 1. The summed E-state index contributed by atoms with van der Waals surface area (Å²) in [5.41, 5.74) is 0.453. The smallest absolute Gasteiger partial charge is 0.323 e. The van der Waals surface area contributed by atoms with Gasteiger partial charge in [-0.05, 0) is 6.07 Å². The van der Waals surface area contributed by atoms with Gasteiger partial charge >= 0.3 is 5.69 Å². The molecule has 0 saturated heterocycles. The molecule has 8 nitrogen and oxygen atoms in total. The number of benzene rings is 1. The van der Waals surface area contributed by atoms with Crippen LogP contribution in [0.5, 0.6) is 5.75 Å². The van der Waals surface area contributed by atoms with Crippen molar-refractivity contribution in [3.8, 4) is 24.0 Å². The molecular weight excluding hydrogens is 272 g/mol. The zero-order chi connectivity index (χ0) is 15.4. The molecule has 0 amide bonds. The first kappa shape index (κ1) is 13.7. The molecule has 0 bridgehead atoms. The molecule has 8 heteroatoms. The van der Waals surface area contributed by atoms with Gasteiger partial charge in [0.2, 0.25) is 0 Å². The van der Waals surface area contributed by atoms with Crippen molar-refractivity contribution in [3.05, 3.63) is 33.9 Å². The van der Waals surface area contributed by atoms with Crippen LogP contribution in [0, 0.1) is 34.0 Å². The lowest BCUT2D eigenvalue weighted by Crippen LogP contribution is -2.02. The lowest BCUT2D eigenvalue weighted by Gasteiger charge is -2.10. The fourth-order valence-corrected chi connectivity index (χ4v) is 1.75. The number of methoxy groups -OCH3 is 1. The van der Waals surface area contributed by atoms with Gasteiger partial charge in [0, 0.05) is 6.07 Å². The summed E-state index contributed by atoms with van der Waals surface area (Å²) < 4.78 is 5.16. The van der Waals surface area contributed by atoms with E-state index in [0.717, 1.165) is 0 Å². The van der Waals surface area contributed by atoms with Crippen molar-refractivity contribution in [2.75, 3.05) is 12.4 Å². The number of H-pyrrole nitrogens is 2. The van der Waals surface area contributed by atoms with E-state index in [1.54, 1.807) is 24.3 Å². The second kappa shape index (κ2) is 5.52. The molecule has 0 radical (unpaired) electrons. The first-order chi connectivity index (χ1) is 10.1. The molecule has 1 aromatic heterocycles. The van der Waals surface area contributed by atoms with Crippen LogP contribution in [0.3, 0.4) is 0 Å². The largest absolute Gasteiger partial charge is 0.494 e. The number of imidazole rings is 1. The van der Waals surface area contributed by atoms with Gasteiger partial charge in [0.1, 0.15) is 29.7 Å². The highest BCUT2D eigenvalue weighted by Gasteiger charge is 2.12. The minimum absolute atomic E-state index is 0.199. The number of nitriles is 3. The van der Waals surface area contributed by atoms with Crippen molar-refractivity contribution in [1.29, 1.82) is 15.8 Å². The minimum Gasteiger partial charge on any atom is -0.494 e. The number of allylic oxidation sites excluding steroid dienone is 2. The molecular formula is C13H8N6O2. The molecule has 0 spiro atoms. The Labute approximate surface area is 118 Å². The van der Waals surface area contributed by atoms with Crippen molar-refractivity contribution in [1.82, 2.24) is 9.97 Å². The van der Waals surface area contributed by atoms with Gasteiger partial charge in [-0.1, -0.05) is 0 Å². The van der Waals surface area contributed by atoms with Crippen LogP contribution in [0.2, 0.25) is 0 Å². The Bertz CT molecular complexity index is 897. The summed E-state index contributed by atoms with van der Waals surface area (Å²) in [5.74, 6) is 0.348. The molecule has 0 unspecified atom stereocenters. The average molecular weight is 280 g/mol. The monoisotopic (exact) mass is 280 g/mol. The first-order valence-corrected chi connectivity index (χ1v) is 5.64. The number of nitrogens with one attached hydrogen (secondary N) is 3. The van der Waals surface area contributed by atoms with Gasteiger partial charge in [-0.3, -0.25) is 0 Å². The van der Waals surface area contributed by atoms with Crippen LogP contribution in [0.1, 0.15) is 0 Å². The number of aromatic amines is 2. The highest BCUT2D eigenvalue weighted by molar-refractivity contribution is 5.83. The Balaban J connectivity index is 2.59. The quantitative estimate of drug-likeness (QED) is 0.719. The van der Waals surface area contributed by atoms with Crippen LogP contribution >= 0.6 is 0 Å². The zero-order valence-corrected chi connectivity index (χ0v) is 10.8. The lowest BCUT2D eigenvalue weighted by molar-refractivity contribution is 0.417. The van der Waals surface area contributed by atoms with Gasteiger partial charge in [-0.25, -0.2) is 4.79 Å². The second-order valence-electron chi connectivity index (χ2n) is 3.89. The normalized spacial score (nSPS) is 9.24. The van der Waals surface area contributed by atoms with Crippen LogP contribution in [-0.2, 0) is 0 Å². The standard InChI is InChI=1S/C13H8N6O2/c1-21-12-3-9-8(18-13(20)19-9)2-10(12)17-11(6-16)7(4-14)5-15/h2-3,17H,1H3,(H2,18,19,20). The minimum atomic E-state index is -0.380. The van der Waals surface area contributed by atoms with E-state index >= 15 is 0 Å². The van der Waals surface area contributed by atoms with E-state index in [1.807, 2.05) is 0 Å². The van der Waals surface area contributed by atoms with Gasteiger partial charge in [0.25, 0.3) is 0 Å². The van der Waals surface area contributed by atoms with Gasteiger partial charge in [0.15, 0.2) is 5.57 Å². The molecule has 0 atom stereocenters. The van der Waals surface area contributed by atoms with Crippen molar-refractivity contribution >= 4 is 16.7 Å². The summed E-state index contributed by atoms with van der Waals surface area (Å²) >= 11 is 0. The van der Waals surface area contributed by atoms with Crippen LogP contribution in [-0.4, -0.2) is 17.1 Å². The number of hydrogen-bond donors (Lipinski definition) is 3.